The van der Waals surface area contributed by atoms with Gasteiger partial charge in [0.2, 0.25) is 0 Å². The molecule has 0 radical (unpaired) electrons. The molecule has 0 aliphatic carbocycles. The molecule has 2 heterocycles. The molecular formula is C25H24N2O3S2. The summed E-state index contributed by atoms with van der Waals surface area (Å²) in [5.74, 6) is -0.164. The van der Waals surface area contributed by atoms with Crippen LogP contribution in [-0.4, -0.2) is 33.7 Å². The van der Waals surface area contributed by atoms with Crippen LogP contribution >= 0.6 is 11.8 Å². The summed E-state index contributed by atoms with van der Waals surface area (Å²) < 4.78 is 28.3. The van der Waals surface area contributed by atoms with Gasteiger partial charge >= 0.3 is 0 Å². The fraction of sp³-hybridized carbons (Fsp3) is 0.240. The topological polar surface area (TPSA) is 57.7 Å². The molecule has 3 aromatic carbocycles. The molecule has 1 amide bonds. The second-order valence-corrected chi connectivity index (χ2v) is 10.8. The van der Waals surface area contributed by atoms with E-state index in [0.29, 0.717) is 25.1 Å². The molecule has 0 saturated heterocycles. The minimum atomic E-state index is -3.75. The summed E-state index contributed by atoms with van der Waals surface area (Å²) in [6, 6.07) is 20.2. The van der Waals surface area contributed by atoms with Crippen LogP contribution in [0.5, 0.6) is 0 Å². The van der Waals surface area contributed by atoms with Crippen LogP contribution in [0.4, 0.5) is 11.4 Å². The quantitative estimate of drug-likeness (QED) is 0.523. The highest BCUT2D eigenvalue weighted by atomic mass is 32.2. The lowest BCUT2D eigenvalue weighted by atomic mass is 10.0. The van der Waals surface area contributed by atoms with E-state index in [4.69, 9.17) is 0 Å². The van der Waals surface area contributed by atoms with Gasteiger partial charge in [-0.25, -0.2) is 8.42 Å². The Kier molecular flexibility index (Phi) is 5.47. The van der Waals surface area contributed by atoms with Crippen LogP contribution in [0.15, 0.2) is 76.5 Å². The third kappa shape index (κ3) is 3.59. The Bertz CT molecular complexity index is 1300. The lowest BCUT2D eigenvalue weighted by Gasteiger charge is -2.30. The minimum Gasteiger partial charge on any atom is -0.308 e. The van der Waals surface area contributed by atoms with Crippen molar-refractivity contribution in [3.05, 3.63) is 83.4 Å². The first-order valence-corrected chi connectivity index (χ1v) is 13.3. The summed E-state index contributed by atoms with van der Waals surface area (Å²) >= 11 is 1.64. The number of sulfonamides is 1. The molecule has 0 atom stereocenters. The van der Waals surface area contributed by atoms with Crippen molar-refractivity contribution in [2.24, 2.45) is 0 Å². The summed E-state index contributed by atoms with van der Waals surface area (Å²) in [4.78, 5) is 16.5. The van der Waals surface area contributed by atoms with Gasteiger partial charge in [-0.15, -0.1) is 11.8 Å². The predicted molar refractivity (Wildman–Crippen MR) is 129 cm³/mol. The number of carbonyl (C=O) groups excluding carboxylic acids is 1. The van der Waals surface area contributed by atoms with E-state index in [1.165, 1.54) is 10.4 Å². The number of fused-ring (bicyclic) bond motifs is 2. The molecule has 0 spiro atoms. The Morgan fingerprint density at radius 1 is 0.875 bits per heavy atom. The Hall–Kier alpha value is -2.77. The average molecular weight is 465 g/mol. The molecule has 0 N–H and O–H groups in total. The average Bonchev–Trinajstić information content (AvgIpc) is 3.28. The molecule has 5 rings (SSSR count). The van der Waals surface area contributed by atoms with Crippen LogP contribution < -0.4 is 9.21 Å². The number of hydrogen-bond donors (Lipinski definition) is 0. The summed E-state index contributed by atoms with van der Waals surface area (Å²) in [5.41, 5.74) is 4.22. The van der Waals surface area contributed by atoms with Gasteiger partial charge in [0.15, 0.2) is 0 Å². The maximum Gasteiger partial charge on any atom is 0.264 e. The van der Waals surface area contributed by atoms with E-state index < -0.39 is 10.0 Å². The summed E-state index contributed by atoms with van der Waals surface area (Å²) in [6.45, 7) is 1.04. The molecule has 7 heteroatoms. The van der Waals surface area contributed by atoms with Gasteiger partial charge < -0.3 is 4.90 Å². The van der Waals surface area contributed by atoms with Crippen molar-refractivity contribution in [1.82, 2.24) is 0 Å². The van der Waals surface area contributed by atoms with Crippen LogP contribution in [0, 0.1) is 0 Å². The molecule has 3 aromatic rings. The zero-order valence-corrected chi connectivity index (χ0v) is 19.5. The number of nitrogens with zero attached hydrogens (tertiary/aromatic N) is 2. The number of carbonyl (C=O) groups is 1. The second-order valence-electron chi connectivity index (χ2n) is 8.04. The van der Waals surface area contributed by atoms with Crippen LogP contribution in [0.1, 0.15) is 27.9 Å². The Labute approximate surface area is 193 Å². The van der Waals surface area contributed by atoms with Crippen LogP contribution in [0.2, 0.25) is 0 Å². The smallest absolute Gasteiger partial charge is 0.264 e. The van der Waals surface area contributed by atoms with Crippen molar-refractivity contribution >= 4 is 39.1 Å². The van der Waals surface area contributed by atoms with Crippen molar-refractivity contribution < 1.29 is 13.2 Å². The number of hydrogen-bond acceptors (Lipinski definition) is 4. The summed E-state index contributed by atoms with van der Waals surface area (Å²) in [5, 5.41) is 0. The van der Waals surface area contributed by atoms with Crippen molar-refractivity contribution in [2.75, 3.05) is 28.6 Å². The Balaban J connectivity index is 1.49. The zero-order chi connectivity index (χ0) is 22.3. The first-order chi connectivity index (χ1) is 15.5. The standard InChI is InChI=1S/C25H24N2O3S2/c1-31-21-12-11-18-8-5-14-26(24(18)17-21)25(28)20-7-4-9-22(16-20)32(29,30)27-15-13-19-6-2-3-10-23(19)27/h2-4,6-7,9-12,16-17H,5,8,13-15H2,1H3. The molecule has 164 valence electrons. The van der Waals surface area contributed by atoms with Gasteiger partial charge in [0.1, 0.15) is 0 Å². The van der Waals surface area contributed by atoms with E-state index in [2.05, 4.69) is 18.2 Å². The maximum atomic E-state index is 13.5. The Morgan fingerprint density at radius 2 is 1.69 bits per heavy atom. The molecule has 0 saturated carbocycles. The number of amides is 1. The predicted octanol–water partition coefficient (Wildman–Crippen LogP) is 4.75. The molecule has 0 bridgehead atoms. The van der Waals surface area contributed by atoms with Crippen molar-refractivity contribution in [3.63, 3.8) is 0 Å². The first-order valence-electron chi connectivity index (χ1n) is 10.7. The molecule has 0 aromatic heterocycles. The lowest BCUT2D eigenvalue weighted by molar-refractivity contribution is 0.0985. The number of para-hydroxylation sites is 1. The van der Waals surface area contributed by atoms with Gasteiger partial charge in [0.05, 0.1) is 10.6 Å². The number of aryl methyl sites for hydroxylation is 1. The van der Waals surface area contributed by atoms with Crippen LogP contribution in [0.3, 0.4) is 0 Å². The van der Waals surface area contributed by atoms with Crippen molar-refractivity contribution in [1.29, 1.82) is 0 Å². The molecule has 0 unspecified atom stereocenters. The van der Waals surface area contributed by atoms with E-state index in [0.717, 1.165) is 40.2 Å². The number of benzene rings is 3. The largest absolute Gasteiger partial charge is 0.308 e. The van der Waals surface area contributed by atoms with E-state index in [-0.39, 0.29) is 10.8 Å². The molecule has 5 nitrogen and oxygen atoms in total. The third-order valence-corrected chi connectivity index (χ3v) is 8.70. The summed E-state index contributed by atoms with van der Waals surface area (Å²) in [6.07, 6.45) is 4.54. The number of anilines is 2. The van der Waals surface area contributed by atoms with Gasteiger partial charge in [0, 0.05) is 29.2 Å². The Morgan fingerprint density at radius 3 is 2.53 bits per heavy atom. The van der Waals surface area contributed by atoms with Crippen LogP contribution in [-0.2, 0) is 22.9 Å². The highest BCUT2D eigenvalue weighted by Crippen LogP contribution is 2.34. The van der Waals surface area contributed by atoms with Gasteiger partial charge in [-0.05, 0) is 73.0 Å². The minimum absolute atomic E-state index is 0.148. The molecule has 2 aliphatic rings. The summed E-state index contributed by atoms with van der Waals surface area (Å²) in [7, 11) is -3.75. The third-order valence-electron chi connectivity index (χ3n) is 6.17. The zero-order valence-electron chi connectivity index (χ0n) is 17.8. The van der Waals surface area contributed by atoms with E-state index >= 15 is 0 Å². The fourth-order valence-corrected chi connectivity index (χ4v) is 6.51. The molecule has 32 heavy (non-hydrogen) atoms. The van der Waals surface area contributed by atoms with Crippen LogP contribution in [0.25, 0.3) is 0 Å². The first kappa shape index (κ1) is 21.1. The highest BCUT2D eigenvalue weighted by Gasteiger charge is 2.31. The van der Waals surface area contributed by atoms with Crippen molar-refractivity contribution in [2.45, 2.75) is 29.1 Å². The second kappa shape index (κ2) is 8.30. The highest BCUT2D eigenvalue weighted by molar-refractivity contribution is 7.98. The van der Waals surface area contributed by atoms with Gasteiger partial charge in [0.25, 0.3) is 15.9 Å². The van der Waals surface area contributed by atoms with Crippen molar-refractivity contribution in [3.8, 4) is 0 Å². The van der Waals surface area contributed by atoms with Gasteiger partial charge in [-0.1, -0.05) is 30.3 Å². The SMILES string of the molecule is CSc1ccc2c(c1)N(C(=O)c1cccc(S(=O)(=O)N3CCc4ccccc43)c1)CCC2. The fourth-order valence-electron chi connectivity index (χ4n) is 4.52. The monoisotopic (exact) mass is 464 g/mol. The van der Waals surface area contributed by atoms with E-state index in [1.807, 2.05) is 30.5 Å². The maximum absolute atomic E-state index is 13.5. The molecule has 2 aliphatic heterocycles. The van der Waals surface area contributed by atoms with E-state index in [1.54, 1.807) is 34.9 Å². The molecule has 0 fully saturated rings. The number of rotatable bonds is 4. The normalized spacial score (nSPS) is 15.4. The van der Waals surface area contributed by atoms with E-state index in [9.17, 15) is 13.2 Å². The molecular weight excluding hydrogens is 440 g/mol. The van der Waals surface area contributed by atoms with Gasteiger partial charge in [-0.3, -0.25) is 9.10 Å². The van der Waals surface area contributed by atoms with Gasteiger partial charge in [-0.2, -0.15) is 0 Å². The number of thioether (sulfide) groups is 1. The lowest BCUT2D eigenvalue weighted by Crippen LogP contribution is -2.35.